The minimum Gasteiger partial charge on any atom is -0.432 e. The second-order valence-corrected chi connectivity index (χ2v) is 5.96. The Morgan fingerprint density at radius 2 is 1.56 bits per heavy atom. The molecule has 5 nitrogen and oxygen atoms in total. The van der Waals surface area contributed by atoms with Crippen LogP contribution in [0.2, 0.25) is 0 Å². The summed E-state index contributed by atoms with van der Waals surface area (Å²) in [6.07, 6.45) is 3.23. The van der Waals surface area contributed by atoms with E-state index >= 15 is 0 Å². The number of aromatic nitrogens is 2. The molecule has 0 fully saturated rings. The molecule has 1 amide bonds. The molecule has 0 aliphatic heterocycles. The minimum absolute atomic E-state index is 0.0374. The zero-order chi connectivity index (χ0) is 18.5. The Bertz CT molecular complexity index is 1020. The largest absolute Gasteiger partial charge is 0.432 e. The molecule has 0 unspecified atom stereocenters. The summed E-state index contributed by atoms with van der Waals surface area (Å²) in [6.45, 7) is 0.375. The zero-order valence-corrected chi connectivity index (χ0v) is 14.5. The van der Waals surface area contributed by atoms with Crippen LogP contribution in [0.1, 0.15) is 16.2 Å². The molecule has 2 heterocycles. The van der Waals surface area contributed by atoms with Gasteiger partial charge in [-0.3, -0.25) is 9.69 Å². The van der Waals surface area contributed by atoms with E-state index in [4.69, 9.17) is 4.42 Å². The average Bonchev–Trinajstić information content (AvgIpc) is 3.24. The number of rotatable bonds is 5. The van der Waals surface area contributed by atoms with Gasteiger partial charge in [0, 0.05) is 11.8 Å². The number of oxazole rings is 1. The van der Waals surface area contributed by atoms with E-state index in [1.807, 2.05) is 72.8 Å². The van der Waals surface area contributed by atoms with Gasteiger partial charge in [0.2, 0.25) is 0 Å². The number of hydrogen-bond acceptors (Lipinski definition) is 4. The van der Waals surface area contributed by atoms with Crippen molar-refractivity contribution in [1.29, 1.82) is 0 Å². The molecular formula is C22H17N3O2. The molecule has 0 saturated heterocycles. The van der Waals surface area contributed by atoms with Gasteiger partial charge in [-0.1, -0.05) is 66.7 Å². The van der Waals surface area contributed by atoms with Crippen LogP contribution in [0.15, 0.2) is 95.7 Å². The molecule has 132 valence electrons. The summed E-state index contributed by atoms with van der Waals surface area (Å²) in [6, 6.07) is 24.8. The van der Waals surface area contributed by atoms with Crippen LogP contribution in [0.25, 0.3) is 11.3 Å². The van der Waals surface area contributed by atoms with Crippen LogP contribution in [0, 0.1) is 0 Å². The molecular weight excluding hydrogens is 338 g/mol. The Hall–Kier alpha value is -3.73. The van der Waals surface area contributed by atoms with Crippen LogP contribution in [0.4, 0.5) is 5.82 Å². The van der Waals surface area contributed by atoms with Crippen LogP contribution in [-0.2, 0) is 6.54 Å². The lowest BCUT2D eigenvalue weighted by Gasteiger charge is -2.20. The third-order valence-electron chi connectivity index (χ3n) is 4.10. The lowest BCUT2D eigenvalue weighted by Crippen LogP contribution is -2.31. The van der Waals surface area contributed by atoms with E-state index in [2.05, 4.69) is 9.97 Å². The fourth-order valence-corrected chi connectivity index (χ4v) is 2.76. The Morgan fingerprint density at radius 1 is 0.852 bits per heavy atom. The van der Waals surface area contributed by atoms with Gasteiger partial charge in [-0.15, -0.1) is 0 Å². The first kappa shape index (κ1) is 16.7. The highest BCUT2D eigenvalue weighted by Gasteiger charge is 2.24. The van der Waals surface area contributed by atoms with E-state index in [1.165, 1.54) is 0 Å². The van der Waals surface area contributed by atoms with Crippen molar-refractivity contribution in [2.24, 2.45) is 0 Å². The highest BCUT2D eigenvalue weighted by Crippen LogP contribution is 2.22. The molecule has 0 saturated carbocycles. The number of benzene rings is 2. The third kappa shape index (κ3) is 3.77. The van der Waals surface area contributed by atoms with E-state index < -0.39 is 0 Å². The number of nitrogens with zero attached hydrogens (tertiary/aromatic N) is 3. The van der Waals surface area contributed by atoms with Crippen molar-refractivity contribution in [3.05, 3.63) is 103 Å². The second kappa shape index (κ2) is 7.66. The lowest BCUT2D eigenvalue weighted by atomic mass is 10.2. The van der Waals surface area contributed by atoms with Gasteiger partial charge in [0.25, 0.3) is 5.89 Å². The summed E-state index contributed by atoms with van der Waals surface area (Å²) in [7, 11) is 0. The molecule has 0 radical (unpaired) electrons. The molecule has 4 rings (SSSR count). The van der Waals surface area contributed by atoms with Crippen molar-refractivity contribution in [2.75, 3.05) is 4.90 Å². The fraction of sp³-hybridized carbons (Fsp3) is 0.0455. The van der Waals surface area contributed by atoms with Gasteiger partial charge in [0.1, 0.15) is 5.82 Å². The van der Waals surface area contributed by atoms with Gasteiger partial charge >= 0.3 is 5.91 Å². The van der Waals surface area contributed by atoms with Gasteiger partial charge in [-0.05, 0) is 17.7 Å². The molecule has 5 heteroatoms. The maximum absolute atomic E-state index is 13.1. The maximum Gasteiger partial charge on any atom is 0.315 e. The first-order valence-electron chi connectivity index (χ1n) is 8.59. The molecule has 0 N–H and O–H groups in total. The molecule has 0 aliphatic carbocycles. The summed E-state index contributed by atoms with van der Waals surface area (Å²) in [5.74, 6) is 0.806. The summed E-state index contributed by atoms with van der Waals surface area (Å²) in [4.78, 5) is 23.2. The van der Waals surface area contributed by atoms with E-state index in [9.17, 15) is 4.79 Å². The molecule has 0 aliphatic rings. The number of carbonyl (C=O) groups excluding carboxylic acids is 1. The summed E-state index contributed by atoms with van der Waals surface area (Å²) in [5.41, 5.74) is 1.86. The van der Waals surface area contributed by atoms with Gasteiger partial charge in [-0.2, -0.15) is 0 Å². The van der Waals surface area contributed by atoms with Crippen LogP contribution in [0.3, 0.4) is 0 Å². The number of carbonyl (C=O) groups is 1. The Morgan fingerprint density at radius 3 is 2.26 bits per heavy atom. The Labute approximate surface area is 156 Å². The third-order valence-corrected chi connectivity index (χ3v) is 4.10. The molecule has 0 spiro atoms. The van der Waals surface area contributed by atoms with E-state index in [-0.39, 0.29) is 11.8 Å². The van der Waals surface area contributed by atoms with Crippen molar-refractivity contribution in [2.45, 2.75) is 6.54 Å². The normalized spacial score (nSPS) is 10.5. The van der Waals surface area contributed by atoms with Crippen molar-refractivity contribution in [1.82, 2.24) is 9.97 Å². The zero-order valence-electron chi connectivity index (χ0n) is 14.5. The standard InChI is InChI=1S/C22H17N3O2/c26-22(21-24-15-19(27-21)18-11-5-2-6-12-18)25(20-13-7-8-14-23-20)16-17-9-3-1-4-10-17/h1-15H,16H2. The minimum atomic E-state index is -0.334. The van der Waals surface area contributed by atoms with E-state index in [0.29, 0.717) is 18.1 Å². The fourth-order valence-electron chi connectivity index (χ4n) is 2.76. The molecule has 0 atom stereocenters. The summed E-state index contributed by atoms with van der Waals surface area (Å²) >= 11 is 0. The van der Waals surface area contributed by atoms with Crippen molar-refractivity contribution in [3.63, 3.8) is 0 Å². The van der Waals surface area contributed by atoms with Crippen LogP contribution in [0.5, 0.6) is 0 Å². The number of anilines is 1. The Balaban J connectivity index is 1.66. The van der Waals surface area contributed by atoms with Gasteiger partial charge in [0.05, 0.1) is 12.7 Å². The first-order valence-corrected chi connectivity index (χ1v) is 8.59. The SMILES string of the molecule is O=C(c1ncc(-c2ccccc2)o1)N(Cc1ccccc1)c1ccccn1. The number of pyridine rings is 1. The van der Waals surface area contributed by atoms with Crippen LogP contribution < -0.4 is 4.90 Å². The van der Waals surface area contributed by atoms with Gasteiger partial charge < -0.3 is 4.42 Å². The van der Waals surface area contributed by atoms with Crippen LogP contribution in [-0.4, -0.2) is 15.9 Å². The van der Waals surface area contributed by atoms with Crippen molar-refractivity contribution < 1.29 is 9.21 Å². The molecule has 27 heavy (non-hydrogen) atoms. The predicted octanol–water partition coefficient (Wildman–Crippen LogP) is 4.58. The first-order chi connectivity index (χ1) is 13.3. The maximum atomic E-state index is 13.1. The quantitative estimate of drug-likeness (QED) is 0.526. The molecule has 2 aromatic heterocycles. The monoisotopic (exact) mass is 355 g/mol. The van der Waals surface area contributed by atoms with Gasteiger partial charge in [-0.25, -0.2) is 9.97 Å². The highest BCUT2D eigenvalue weighted by molar-refractivity contribution is 6.02. The van der Waals surface area contributed by atoms with Crippen LogP contribution >= 0.6 is 0 Å². The van der Waals surface area contributed by atoms with E-state index in [0.717, 1.165) is 11.1 Å². The summed E-state index contributed by atoms with van der Waals surface area (Å²) in [5, 5.41) is 0. The predicted molar refractivity (Wildman–Crippen MR) is 103 cm³/mol. The highest BCUT2D eigenvalue weighted by atomic mass is 16.4. The Kier molecular flexibility index (Phi) is 4.74. The molecule has 4 aromatic rings. The lowest BCUT2D eigenvalue weighted by molar-refractivity contribution is 0.0951. The second-order valence-electron chi connectivity index (χ2n) is 5.96. The number of hydrogen-bond donors (Lipinski definition) is 0. The molecule has 0 bridgehead atoms. The summed E-state index contributed by atoms with van der Waals surface area (Å²) < 4.78 is 5.74. The van der Waals surface area contributed by atoms with Gasteiger partial charge in [0.15, 0.2) is 5.76 Å². The van der Waals surface area contributed by atoms with Crippen molar-refractivity contribution in [3.8, 4) is 11.3 Å². The number of amides is 1. The topological polar surface area (TPSA) is 59.2 Å². The van der Waals surface area contributed by atoms with E-state index in [1.54, 1.807) is 23.4 Å². The average molecular weight is 355 g/mol. The van der Waals surface area contributed by atoms with Crippen molar-refractivity contribution >= 4 is 11.7 Å². The molecule has 2 aromatic carbocycles. The smallest absolute Gasteiger partial charge is 0.315 e.